The number of aromatic carboxylic acids is 1. The Kier molecular flexibility index (Phi) is 2.45. The van der Waals surface area contributed by atoms with Crippen molar-refractivity contribution < 1.29 is 24.2 Å². The molecule has 0 spiro atoms. The molecule has 0 atom stereocenters. The third-order valence-electron chi connectivity index (χ3n) is 3.14. The van der Waals surface area contributed by atoms with Crippen LogP contribution < -0.4 is 9.47 Å². The van der Waals surface area contributed by atoms with Crippen molar-refractivity contribution in [3.63, 3.8) is 0 Å². The Balaban J connectivity index is 2.37. The van der Waals surface area contributed by atoms with Gasteiger partial charge in [0.25, 0.3) is 0 Å². The van der Waals surface area contributed by atoms with Crippen molar-refractivity contribution in [3.8, 4) is 11.5 Å². The minimum absolute atomic E-state index is 0.0313. The number of ether oxygens (including phenoxy) is 2. The molecule has 19 heavy (non-hydrogen) atoms. The number of hydrogen-bond donors (Lipinski definition) is 2. The quantitative estimate of drug-likeness (QED) is 0.861. The maximum atomic E-state index is 12.0. The maximum Gasteiger partial charge on any atom is 0.352 e. The minimum atomic E-state index is -1.08. The van der Waals surface area contributed by atoms with Crippen LogP contribution in [0.4, 0.5) is 0 Å². The molecule has 0 amide bonds. The van der Waals surface area contributed by atoms with Gasteiger partial charge in [-0.25, -0.2) is 4.79 Å². The number of carboxylic acid groups (broad SMARTS) is 1. The minimum Gasteiger partial charge on any atom is -0.493 e. The number of benzene rings is 1. The van der Waals surface area contributed by atoms with E-state index in [1.165, 1.54) is 13.2 Å². The Morgan fingerprint density at radius 3 is 2.95 bits per heavy atom. The number of rotatable bonds is 2. The van der Waals surface area contributed by atoms with Crippen LogP contribution in [0.3, 0.4) is 0 Å². The van der Waals surface area contributed by atoms with E-state index in [1.807, 2.05) is 0 Å². The van der Waals surface area contributed by atoms with E-state index in [0.717, 1.165) is 0 Å². The zero-order chi connectivity index (χ0) is 13.6. The number of methoxy groups -OCH3 is 1. The summed E-state index contributed by atoms with van der Waals surface area (Å²) in [6.45, 7) is 0.306. The predicted molar refractivity (Wildman–Crippen MR) is 66.3 cm³/mol. The molecule has 0 bridgehead atoms. The average Bonchev–Trinajstić information content (AvgIpc) is 2.81. The lowest BCUT2D eigenvalue weighted by molar-refractivity contribution is 0.0691. The number of hydrogen-bond acceptors (Lipinski definition) is 4. The smallest absolute Gasteiger partial charge is 0.352 e. The second kappa shape index (κ2) is 4.01. The number of carbonyl (C=O) groups is 2. The Hall–Kier alpha value is -2.50. The van der Waals surface area contributed by atoms with Gasteiger partial charge in [-0.3, -0.25) is 4.79 Å². The first kappa shape index (κ1) is 11.6. The van der Waals surface area contributed by atoms with Gasteiger partial charge in [0, 0.05) is 11.8 Å². The molecule has 6 heteroatoms. The van der Waals surface area contributed by atoms with E-state index in [-0.39, 0.29) is 17.9 Å². The zero-order valence-corrected chi connectivity index (χ0v) is 10.1. The lowest BCUT2D eigenvalue weighted by atomic mass is 10.0. The van der Waals surface area contributed by atoms with E-state index in [9.17, 15) is 9.59 Å². The second-order valence-corrected chi connectivity index (χ2v) is 4.26. The molecule has 1 aromatic carbocycles. The number of aromatic amines is 1. The van der Waals surface area contributed by atoms with Crippen LogP contribution in [0, 0.1) is 0 Å². The number of ketones is 1. The number of H-pyrrole nitrogens is 1. The first-order valence-electron chi connectivity index (χ1n) is 5.75. The summed E-state index contributed by atoms with van der Waals surface area (Å²) < 4.78 is 10.7. The normalized spacial score (nSPS) is 14.1. The summed E-state index contributed by atoms with van der Waals surface area (Å²) >= 11 is 0. The monoisotopic (exact) mass is 261 g/mol. The third kappa shape index (κ3) is 1.64. The van der Waals surface area contributed by atoms with E-state index < -0.39 is 5.97 Å². The van der Waals surface area contributed by atoms with Gasteiger partial charge in [-0.15, -0.1) is 0 Å². The summed E-state index contributed by atoms with van der Waals surface area (Å²) in [5, 5.41) is 9.62. The fraction of sp³-hybridized carbons (Fsp3) is 0.231. The van der Waals surface area contributed by atoms with Crippen molar-refractivity contribution in [1.29, 1.82) is 0 Å². The lowest BCUT2D eigenvalue weighted by Crippen LogP contribution is -2.16. The highest BCUT2D eigenvalue weighted by atomic mass is 16.5. The van der Waals surface area contributed by atoms with Crippen molar-refractivity contribution in [1.82, 2.24) is 4.98 Å². The van der Waals surface area contributed by atoms with Crippen molar-refractivity contribution in [2.75, 3.05) is 13.7 Å². The summed E-state index contributed by atoms with van der Waals surface area (Å²) in [5.41, 5.74) is 0.884. The molecule has 1 aliphatic rings. The van der Waals surface area contributed by atoms with Gasteiger partial charge >= 0.3 is 5.97 Å². The predicted octanol–water partition coefficient (Wildman–Crippen LogP) is 1.84. The largest absolute Gasteiger partial charge is 0.493 e. The Labute approximate surface area is 107 Å². The molecule has 0 saturated heterocycles. The molecule has 0 fully saturated rings. The molecule has 98 valence electrons. The SMILES string of the molecule is COc1cc2cc(C(=O)O)[nH]c2c2c1OCCC2=O. The van der Waals surface area contributed by atoms with Crippen molar-refractivity contribution in [3.05, 3.63) is 23.4 Å². The molecule has 3 rings (SSSR count). The maximum absolute atomic E-state index is 12.0. The van der Waals surface area contributed by atoms with Crippen molar-refractivity contribution >= 4 is 22.7 Å². The van der Waals surface area contributed by atoms with Crippen LogP contribution >= 0.6 is 0 Å². The molecule has 0 saturated carbocycles. The van der Waals surface area contributed by atoms with Crippen LogP contribution in [0.15, 0.2) is 12.1 Å². The van der Waals surface area contributed by atoms with E-state index >= 15 is 0 Å². The molecule has 6 nitrogen and oxygen atoms in total. The first-order valence-corrected chi connectivity index (χ1v) is 5.75. The molecule has 0 aliphatic carbocycles. The highest BCUT2D eigenvalue weighted by Gasteiger charge is 2.27. The number of Topliss-reactive ketones (excluding diaryl/α,β-unsaturated/α-hetero) is 1. The fourth-order valence-electron chi connectivity index (χ4n) is 2.28. The Morgan fingerprint density at radius 1 is 1.47 bits per heavy atom. The standard InChI is InChI=1S/C13H11NO5/c1-18-9-5-6-4-7(13(16)17)14-11(6)10-8(15)2-3-19-12(9)10/h4-5,14H,2-3H2,1H3,(H,16,17). The molecule has 0 radical (unpaired) electrons. The Bertz CT molecular complexity index is 701. The third-order valence-corrected chi connectivity index (χ3v) is 3.14. The molecule has 1 aliphatic heterocycles. The molecule has 1 aromatic heterocycles. The highest BCUT2D eigenvalue weighted by molar-refractivity contribution is 6.12. The van der Waals surface area contributed by atoms with Crippen LogP contribution in [0.5, 0.6) is 11.5 Å². The Morgan fingerprint density at radius 2 is 2.26 bits per heavy atom. The van der Waals surface area contributed by atoms with Gasteiger partial charge in [-0.1, -0.05) is 0 Å². The molecule has 0 unspecified atom stereocenters. The molecular weight excluding hydrogens is 250 g/mol. The van der Waals surface area contributed by atoms with Gasteiger partial charge in [0.1, 0.15) is 5.69 Å². The van der Waals surface area contributed by atoms with E-state index in [1.54, 1.807) is 6.07 Å². The van der Waals surface area contributed by atoms with Gasteiger partial charge in [-0.05, 0) is 12.1 Å². The van der Waals surface area contributed by atoms with Gasteiger partial charge in [-0.2, -0.15) is 0 Å². The van der Waals surface area contributed by atoms with Crippen LogP contribution in [0.2, 0.25) is 0 Å². The number of aromatic nitrogens is 1. The van der Waals surface area contributed by atoms with Gasteiger partial charge < -0.3 is 19.6 Å². The topological polar surface area (TPSA) is 88.6 Å². The van der Waals surface area contributed by atoms with Crippen LogP contribution in [-0.2, 0) is 0 Å². The molecule has 2 aromatic rings. The average molecular weight is 261 g/mol. The molecule has 2 heterocycles. The van der Waals surface area contributed by atoms with Crippen molar-refractivity contribution in [2.24, 2.45) is 0 Å². The van der Waals surface area contributed by atoms with Crippen LogP contribution in [0.1, 0.15) is 27.3 Å². The summed E-state index contributed by atoms with van der Waals surface area (Å²) in [6, 6.07) is 3.14. The van der Waals surface area contributed by atoms with Gasteiger partial charge in [0.15, 0.2) is 17.3 Å². The van der Waals surface area contributed by atoms with Crippen LogP contribution in [0.25, 0.3) is 10.9 Å². The van der Waals surface area contributed by atoms with E-state index in [4.69, 9.17) is 14.6 Å². The van der Waals surface area contributed by atoms with Gasteiger partial charge in [0.05, 0.1) is 24.8 Å². The van der Waals surface area contributed by atoms with Gasteiger partial charge in [0.2, 0.25) is 0 Å². The van der Waals surface area contributed by atoms with Crippen molar-refractivity contribution in [2.45, 2.75) is 6.42 Å². The van der Waals surface area contributed by atoms with E-state index in [0.29, 0.717) is 34.6 Å². The zero-order valence-electron chi connectivity index (χ0n) is 10.1. The molecule has 2 N–H and O–H groups in total. The van der Waals surface area contributed by atoms with E-state index in [2.05, 4.69) is 4.98 Å². The summed E-state index contributed by atoms with van der Waals surface area (Å²) in [7, 11) is 1.48. The summed E-state index contributed by atoms with van der Waals surface area (Å²) in [4.78, 5) is 25.8. The number of nitrogens with one attached hydrogen (secondary N) is 1. The summed E-state index contributed by atoms with van der Waals surface area (Å²) in [6.07, 6.45) is 0.274. The number of fused-ring (bicyclic) bond motifs is 3. The number of carboxylic acids is 1. The lowest BCUT2D eigenvalue weighted by Gasteiger charge is -2.19. The first-order chi connectivity index (χ1) is 9.11. The fourth-order valence-corrected chi connectivity index (χ4v) is 2.28. The second-order valence-electron chi connectivity index (χ2n) is 4.26. The highest BCUT2D eigenvalue weighted by Crippen LogP contribution is 2.40. The van der Waals surface area contributed by atoms with Crippen LogP contribution in [-0.4, -0.2) is 35.6 Å². The number of carbonyl (C=O) groups excluding carboxylic acids is 1. The molecular formula is C13H11NO5. The summed E-state index contributed by atoms with van der Waals surface area (Å²) in [5.74, 6) is -0.339.